The van der Waals surface area contributed by atoms with Gasteiger partial charge in [-0.3, -0.25) is 9.78 Å². The smallest absolute Gasteiger partial charge is 0.240 e. The number of para-hydroxylation sites is 2. The van der Waals surface area contributed by atoms with Crippen molar-refractivity contribution in [2.75, 3.05) is 6.26 Å². The lowest BCUT2D eigenvalue weighted by molar-refractivity contribution is -0.122. The predicted octanol–water partition coefficient (Wildman–Crippen LogP) is 1.85. The molecule has 26 heavy (non-hydrogen) atoms. The average Bonchev–Trinajstić information content (AvgIpc) is 2.91. The normalized spacial score (nSPS) is 12.8. The number of aromatic nitrogens is 3. The maximum Gasteiger partial charge on any atom is 0.240 e. The Balaban J connectivity index is 1.85. The number of rotatable bonds is 6. The number of benzene rings is 1. The summed E-state index contributed by atoms with van der Waals surface area (Å²) < 4.78 is 25.1. The van der Waals surface area contributed by atoms with E-state index in [4.69, 9.17) is 0 Å². The molecule has 0 fully saturated rings. The number of fused-ring (bicyclic) bond motifs is 1. The summed E-state index contributed by atoms with van der Waals surface area (Å²) >= 11 is 0. The van der Waals surface area contributed by atoms with Crippen LogP contribution in [0.5, 0.6) is 0 Å². The Morgan fingerprint density at radius 1 is 1.19 bits per heavy atom. The summed E-state index contributed by atoms with van der Waals surface area (Å²) in [5, 5.41) is 2.89. The number of hydrogen-bond donors (Lipinski definition) is 1. The van der Waals surface area contributed by atoms with Crippen molar-refractivity contribution in [3.05, 3.63) is 60.2 Å². The molecule has 0 aliphatic carbocycles. The lowest BCUT2D eigenvalue weighted by Crippen LogP contribution is -2.31. The number of pyridine rings is 1. The minimum absolute atomic E-state index is 0.0114. The van der Waals surface area contributed by atoms with Gasteiger partial charge in [0.2, 0.25) is 5.91 Å². The van der Waals surface area contributed by atoms with Crippen LogP contribution in [-0.4, -0.2) is 35.1 Å². The molecule has 1 amide bonds. The fraction of sp³-hybridized carbons (Fsp3) is 0.278. The monoisotopic (exact) mass is 372 g/mol. The van der Waals surface area contributed by atoms with E-state index < -0.39 is 9.84 Å². The third-order valence-corrected chi connectivity index (χ3v) is 4.72. The number of imidazole rings is 1. The molecule has 7 nitrogen and oxygen atoms in total. The van der Waals surface area contributed by atoms with Gasteiger partial charge in [0.05, 0.1) is 22.8 Å². The van der Waals surface area contributed by atoms with Crippen molar-refractivity contribution in [2.24, 2.45) is 0 Å². The van der Waals surface area contributed by atoms with Crippen LogP contribution in [-0.2, 0) is 26.9 Å². The highest BCUT2D eigenvalue weighted by Crippen LogP contribution is 2.18. The Hall–Kier alpha value is -2.74. The number of nitrogens with zero attached hydrogens (tertiary/aromatic N) is 3. The third-order valence-electron chi connectivity index (χ3n) is 3.94. The summed E-state index contributed by atoms with van der Waals surface area (Å²) in [6.45, 7) is 1.84. The van der Waals surface area contributed by atoms with Crippen LogP contribution in [0.25, 0.3) is 11.0 Å². The van der Waals surface area contributed by atoms with E-state index in [-0.39, 0.29) is 24.2 Å². The lowest BCUT2D eigenvalue weighted by atomic mass is 10.2. The van der Waals surface area contributed by atoms with Gasteiger partial charge in [-0.25, -0.2) is 13.4 Å². The van der Waals surface area contributed by atoms with E-state index >= 15 is 0 Å². The molecule has 8 heteroatoms. The van der Waals surface area contributed by atoms with Crippen molar-refractivity contribution in [1.29, 1.82) is 0 Å². The first kappa shape index (κ1) is 18.1. The molecule has 0 saturated carbocycles. The summed E-state index contributed by atoms with van der Waals surface area (Å²) in [5.41, 5.74) is 2.15. The fourth-order valence-electron chi connectivity index (χ4n) is 2.78. The first-order chi connectivity index (χ1) is 12.3. The van der Waals surface area contributed by atoms with Crippen LogP contribution in [0.15, 0.2) is 48.7 Å². The first-order valence-corrected chi connectivity index (χ1v) is 10.2. The summed E-state index contributed by atoms with van der Waals surface area (Å²) in [7, 11) is -3.27. The minimum atomic E-state index is -3.27. The summed E-state index contributed by atoms with van der Waals surface area (Å²) in [6, 6.07) is 12.5. The topological polar surface area (TPSA) is 94.0 Å². The number of nitrogens with one attached hydrogen (secondary N) is 1. The van der Waals surface area contributed by atoms with Gasteiger partial charge in [-0.15, -0.1) is 0 Å². The third kappa shape index (κ3) is 4.26. The molecular formula is C18H20N4O3S. The van der Waals surface area contributed by atoms with Gasteiger partial charge in [0, 0.05) is 12.5 Å². The molecule has 0 saturated heterocycles. The summed E-state index contributed by atoms with van der Waals surface area (Å²) in [6.07, 6.45) is 2.82. The van der Waals surface area contributed by atoms with Crippen LogP contribution < -0.4 is 5.32 Å². The Bertz CT molecular complexity index is 1030. The van der Waals surface area contributed by atoms with Crippen LogP contribution in [0.1, 0.15) is 24.5 Å². The number of carbonyl (C=O) groups excluding carboxylic acids is 1. The highest BCUT2D eigenvalue weighted by molar-refractivity contribution is 7.89. The van der Waals surface area contributed by atoms with Crippen LogP contribution >= 0.6 is 0 Å². The van der Waals surface area contributed by atoms with Crippen molar-refractivity contribution >= 4 is 26.8 Å². The molecule has 2 aromatic heterocycles. The van der Waals surface area contributed by atoms with E-state index in [0.717, 1.165) is 17.5 Å². The van der Waals surface area contributed by atoms with Gasteiger partial charge in [-0.1, -0.05) is 18.2 Å². The molecule has 1 N–H and O–H groups in total. The van der Waals surface area contributed by atoms with E-state index in [9.17, 15) is 13.2 Å². The quantitative estimate of drug-likeness (QED) is 0.713. The Morgan fingerprint density at radius 3 is 2.62 bits per heavy atom. The maximum absolute atomic E-state index is 12.5. The second-order valence-electron chi connectivity index (χ2n) is 6.22. The molecule has 136 valence electrons. The Kier molecular flexibility index (Phi) is 5.03. The van der Waals surface area contributed by atoms with Gasteiger partial charge in [-0.2, -0.15) is 0 Å². The number of carbonyl (C=O) groups is 1. The van der Waals surface area contributed by atoms with Gasteiger partial charge < -0.3 is 9.88 Å². The largest absolute Gasteiger partial charge is 0.346 e. The summed E-state index contributed by atoms with van der Waals surface area (Å²) in [5.74, 6) is -0.0968. The van der Waals surface area contributed by atoms with Crippen LogP contribution in [0.4, 0.5) is 0 Å². The lowest BCUT2D eigenvalue weighted by Gasteiger charge is -2.15. The van der Waals surface area contributed by atoms with Crippen molar-refractivity contribution < 1.29 is 13.2 Å². The van der Waals surface area contributed by atoms with Crippen molar-refractivity contribution in [3.8, 4) is 0 Å². The highest BCUT2D eigenvalue weighted by Gasteiger charge is 2.18. The highest BCUT2D eigenvalue weighted by atomic mass is 32.2. The molecule has 0 aliphatic heterocycles. The van der Waals surface area contributed by atoms with E-state index in [1.165, 1.54) is 0 Å². The molecule has 3 aromatic rings. The molecule has 2 heterocycles. The molecule has 3 rings (SSSR count). The molecule has 0 radical (unpaired) electrons. The summed E-state index contributed by atoms with van der Waals surface area (Å²) in [4.78, 5) is 21.1. The van der Waals surface area contributed by atoms with Gasteiger partial charge >= 0.3 is 0 Å². The van der Waals surface area contributed by atoms with Gasteiger partial charge in [0.1, 0.15) is 18.1 Å². The Morgan fingerprint density at radius 2 is 1.92 bits per heavy atom. The van der Waals surface area contributed by atoms with Crippen molar-refractivity contribution in [1.82, 2.24) is 19.9 Å². The molecule has 1 unspecified atom stereocenters. The van der Waals surface area contributed by atoms with Gasteiger partial charge in [0.25, 0.3) is 0 Å². The fourth-order valence-corrected chi connectivity index (χ4v) is 3.47. The number of hydrogen-bond acceptors (Lipinski definition) is 5. The molecule has 0 bridgehead atoms. The SMILES string of the molecule is CC(NC(=O)Cn1c(CS(C)(=O)=O)nc2ccccc21)c1ccccn1. The van der Waals surface area contributed by atoms with E-state index in [2.05, 4.69) is 15.3 Å². The number of sulfone groups is 1. The first-order valence-electron chi connectivity index (χ1n) is 8.15. The Labute approximate surface area is 152 Å². The minimum Gasteiger partial charge on any atom is -0.346 e. The molecule has 0 spiro atoms. The molecular weight excluding hydrogens is 352 g/mol. The van der Waals surface area contributed by atoms with E-state index in [1.54, 1.807) is 16.8 Å². The second kappa shape index (κ2) is 7.25. The standard InChI is InChI=1S/C18H20N4O3S/c1-13(14-7-5-6-10-19-14)20-18(23)11-22-16-9-4-3-8-15(16)21-17(22)12-26(2,24)25/h3-10,13H,11-12H2,1-2H3,(H,20,23). The zero-order valence-electron chi connectivity index (χ0n) is 14.6. The van der Waals surface area contributed by atoms with Crippen molar-refractivity contribution in [2.45, 2.75) is 25.3 Å². The second-order valence-corrected chi connectivity index (χ2v) is 8.36. The molecule has 1 aromatic carbocycles. The van der Waals surface area contributed by atoms with Crippen molar-refractivity contribution in [3.63, 3.8) is 0 Å². The molecule has 0 aliphatic rings. The average molecular weight is 372 g/mol. The van der Waals surface area contributed by atoms with Gasteiger partial charge in [-0.05, 0) is 31.2 Å². The zero-order chi connectivity index (χ0) is 18.7. The molecule has 1 atom stereocenters. The number of amides is 1. The van der Waals surface area contributed by atoms with Crippen LogP contribution in [0, 0.1) is 0 Å². The zero-order valence-corrected chi connectivity index (χ0v) is 15.4. The predicted molar refractivity (Wildman–Crippen MR) is 99.1 cm³/mol. The van der Waals surface area contributed by atoms with E-state index in [1.807, 2.05) is 43.3 Å². The van der Waals surface area contributed by atoms with Crippen LogP contribution in [0.3, 0.4) is 0 Å². The maximum atomic E-state index is 12.5. The van der Waals surface area contributed by atoms with Crippen LogP contribution in [0.2, 0.25) is 0 Å². The van der Waals surface area contributed by atoms with Gasteiger partial charge in [0.15, 0.2) is 9.84 Å². The van der Waals surface area contributed by atoms with E-state index in [0.29, 0.717) is 11.3 Å².